The van der Waals surface area contributed by atoms with Crippen molar-refractivity contribution < 1.29 is 12.8 Å². The van der Waals surface area contributed by atoms with Crippen LogP contribution in [0.15, 0.2) is 23.6 Å². The Kier molecular flexibility index (Phi) is 3.03. The van der Waals surface area contributed by atoms with Crippen molar-refractivity contribution in [2.45, 2.75) is 6.92 Å². The Bertz CT molecular complexity index is 466. The number of sulfonamides is 1. The number of nitrogens with two attached hydrogens (primary N) is 1. The maximum Gasteiger partial charge on any atom is 0.231 e. The minimum absolute atomic E-state index is 0.374. The quantitative estimate of drug-likeness (QED) is 0.810. The molecule has 0 aliphatic heterocycles. The van der Waals surface area contributed by atoms with E-state index < -0.39 is 10.0 Å². The van der Waals surface area contributed by atoms with Crippen molar-refractivity contribution >= 4 is 16.1 Å². The number of rotatable bonds is 2. The summed E-state index contributed by atoms with van der Waals surface area (Å²) in [4.78, 5) is 0. The zero-order valence-electron chi connectivity index (χ0n) is 7.57. The largest absolute Gasteiger partial charge is 0.231 e. The highest BCUT2D eigenvalue weighted by Gasteiger charge is 1.98. The molecule has 76 valence electrons. The Balaban J connectivity index is 3.00. The first kappa shape index (κ1) is 10.9. The molecule has 1 aromatic carbocycles. The summed E-state index contributed by atoms with van der Waals surface area (Å²) >= 11 is 0. The van der Waals surface area contributed by atoms with Crippen LogP contribution < -0.4 is 5.14 Å². The van der Waals surface area contributed by atoms with Gasteiger partial charge in [-0.25, -0.2) is 17.9 Å². The van der Waals surface area contributed by atoms with Crippen LogP contribution in [-0.4, -0.2) is 8.42 Å². The van der Waals surface area contributed by atoms with Gasteiger partial charge < -0.3 is 0 Å². The summed E-state index contributed by atoms with van der Waals surface area (Å²) in [6, 6.07) is 4.43. The normalized spacial score (nSPS) is 12.2. The third-order valence-corrected chi connectivity index (χ3v) is 2.16. The highest BCUT2D eigenvalue weighted by Crippen LogP contribution is 2.10. The van der Waals surface area contributed by atoms with Crippen molar-refractivity contribution in [3.8, 4) is 0 Å². The number of halogens is 1. The lowest BCUT2D eigenvalue weighted by Gasteiger charge is -1.97. The Hall–Kier alpha value is -1.20. The number of benzene rings is 1. The van der Waals surface area contributed by atoms with Crippen LogP contribution in [0.5, 0.6) is 0 Å². The molecule has 0 fully saturated rings. The van der Waals surface area contributed by atoms with Gasteiger partial charge in [0.15, 0.2) is 0 Å². The van der Waals surface area contributed by atoms with Gasteiger partial charge in [0.2, 0.25) is 10.0 Å². The van der Waals surface area contributed by atoms with E-state index in [0.717, 1.165) is 5.41 Å². The van der Waals surface area contributed by atoms with Crippen LogP contribution in [0.2, 0.25) is 0 Å². The number of aryl methyl sites for hydroxylation is 1. The van der Waals surface area contributed by atoms with E-state index in [9.17, 15) is 12.8 Å². The first-order valence-corrected chi connectivity index (χ1v) is 5.46. The molecule has 0 amide bonds. The topological polar surface area (TPSA) is 60.2 Å². The molecule has 5 heteroatoms. The molecule has 0 aromatic heterocycles. The second kappa shape index (κ2) is 3.89. The average molecular weight is 215 g/mol. The van der Waals surface area contributed by atoms with Crippen LogP contribution in [0.4, 0.5) is 4.39 Å². The summed E-state index contributed by atoms with van der Waals surface area (Å²) in [7, 11) is -3.65. The number of primary sulfonamides is 1. The molecule has 1 rings (SSSR count). The lowest BCUT2D eigenvalue weighted by molar-refractivity contribution is 0.606. The molecule has 0 bridgehead atoms. The fourth-order valence-electron chi connectivity index (χ4n) is 0.886. The maximum atomic E-state index is 13.0. The first-order valence-electron chi connectivity index (χ1n) is 3.85. The third kappa shape index (κ3) is 3.27. The summed E-state index contributed by atoms with van der Waals surface area (Å²) in [6.45, 7) is 1.63. The van der Waals surface area contributed by atoms with Crippen LogP contribution in [0, 0.1) is 12.7 Å². The van der Waals surface area contributed by atoms with Gasteiger partial charge in [0.05, 0.1) is 0 Å². The monoisotopic (exact) mass is 215 g/mol. The van der Waals surface area contributed by atoms with Crippen LogP contribution in [-0.2, 0) is 10.0 Å². The van der Waals surface area contributed by atoms with Crippen molar-refractivity contribution in [3.05, 3.63) is 40.6 Å². The van der Waals surface area contributed by atoms with Gasteiger partial charge in [0.25, 0.3) is 0 Å². The van der Waals surface area contributed by atoms with E-state index in [-0.39, 0.29) is 5.82 Å². The van der Waals surface area contributed by atoms with E-state index in [0.29, 0.717) is 11.1 Å². The van der Waals surface area contributed by atoms with Crippen molar-refractivity contribution in [1.29, 1.82) is 0 Å². The molecule has 0 atom stereocenters. The molecule has 1 aromatic rings. The predicted molar refractivity (Wildman–Crippen MR) is 53.3 cm³/mol. The molecule has 2 N–H and O–H groups in total. The van der Waals surface area contributed by atoms with E-state index in [4.69, 9.17) is 5.14 Å². The van der Waals surface area contributed by atoms with Crippen LogP contribution in [0.3, 0.4) is 0 Å². The van der Waals surface area contributed by atoms with Crippen molar-refractivity contribution in [2.24, 2.45) is 5.14 Å². The van der Waals surface area contributed by atoms with Crippen molar-refractivity contribution in [3.63, 3.8) is 0 Å². The van der Waals surface area contributed by atoms with E-state index in [2.05, 4.69) is 0 Å². The molecule has 14 heavy (non-hydrogen) atoms. The molecule has 3 nitrogen and oxygen atoms in total. The summed E-state index contributed by atoms with van der Waals surface area (Å²) in [5, 5.41) is 5.57. The number of hydrogen-bond donors (Lipinski definition) is 1. The summed E-state index contributed by atoms with van der Waals surface area (Å²) in [5.41, 5.74) is 0.972. The zero-order valence-corrected chi connectivity index (χ0v) is 8.38. The molecule has 0 saturated heterocycles. The summed E-state index contributed by atoms with van der Waals surface area (Å²) in [5.74, 6) is -0.374. The predicted octanol–water partition coefficient (Wildman–Crippen LogP) is 1.39. The fourth-order valence-corrected chi connectivity index (χ4v) is 1.23. The van der Waals surface area contributed by atoms with Crippen molar-refractivity contribution in [1.82, 2.24) is 0 Å². The minimum atomic E-state index is -3.65. The minimum Gasteiger partial charge on any atom is -0.225 e. The molecule has 0 aliphatic rings. The smallest absolute Gasteiger partial charge is 0.225 e. The molecule has 0 heterocycles. The summed E-state index contributed by atoms with van der Waals surface area (Å²) < 4.78 is 34.1. The standard InChI is InChI=1S/C9H10FNO2S/c1-7-2-3-8(6-9(7)10)4-5-14(11,12)13/h2-6H,1H3,(H2,11,12,13). The van der Waals surface area contributed by atoms with E-state index in [1.165, 1.54) is 12.1 Å². The second-order valence-electron chi connectivity index (χ2n) is 2.90. The van der Waals surface area contributed by atoms with Gasteiger partial charge in [-0.05, 0) is 30.2 Å². The van der Waals surface area contributed by atoms with E-state index >= 15 is 0 Å². The molecule has 0 radical (unpaired) electrons. The fraction of sp³-hybridized carbons (Fsp3) is 0.111. The zero-order chi connectivity index (χ0) is 10.8. The van der Waals surface area contributed by atoms with Gasteiger partial charge in [-0.3, -0.25) is 0 Å². The second-order valence-corrected chi connectivity index (χ2v) is 4.35. The Morgan fingerprint density at radius 1 is 1.43 bits per heavy atom. The lowest BCUT2D eigenvalue weighted by Crippen LogP contribution is -2.06. The van der Waals surface area contributed by atoms with Gasteiger partial charge in [0.1, 0.15) is 5.82 Å². The van der Waals surface area contributed by atoms with Crippen molar-refractivity contribution in [2.75, 3.05) is 0 Å². The first-order chi connectivity index (χ1) is 6.38. The Morgan fingerprint density at radius 3 is 2.57 bits per heavy atom. The highest BCUT2D eigenvalue weighted by molar-refractivity contribution is 7.92. The Morgan fingerprint density at radius 2 is 2.07 bits per heavy atom. The molecular formula is C9H10FNO2S. The molecular weight excluding hydrogens is 205 g/mol. The molecule has 0 spiro atoms. The Labute approximate surface area is 82.1 Å². The highest BCUT2D eigenvalue weighted by atomic mass is 32.2. The molecule has 0 aliphatic carbocycles. The molecule has 0 saturated carbocycles. The number of hydrogen-bond acceptors (Lipinski definition) is 2. The third-order valence-electron chi connectivity index (χ3n) is 1.65. The molecule has 0 unspecified atom stereocenters. The maximum absolute atomic E-state index is 13.0. The van der Waals surface area contributed by atoms with Gasteiger partial charge in [0, 0.05) is 5.41 Å². The van der Waals surface area contributed by atoms with Crippen LogP contribution in [0.25, 0.3) is 6.08 Å². The van der Waals surface area contributed by atoms with E-state index in [1.54, 1.807) is 19.1 Å². The van der Waals surface area contributed by atoms with Crippen LogP contribution >= 0.6 is 0 Å². The van der Waals surface area contributed by atoms with Gasteiger partial charge in [-0.1, -0.05) is 12.1 Å². The van der Waals surface area contributed by atoms with Gasteiger partial charge in [-0.2, -0.15) is 0 Å². The lowest BCUT2D eigenvalue weighted by atomic mass is 10.1. The average Bonchev–Trinajstić information content (AvgIpc) is 2.06. The van der Waals surface area contributed by atoms with Crippen LogP contribution in [0.1, 0.15) is 11.1 Å². The van der Waals surface area contributed by atoms with Gasteiger partial charge in [-0.15, -0.1) is 0 Å². The van der Waals surface area contributed by atoms with E-state index in [1.807, 2.05) is 0 Å². The van der Waals surface area contributed by atoms with Gasteiger partial charge >= 0.3 is 0 Å². The summed E-state index contributed by atoms with van der Waals surface area (Å²) in [6.07, 6.45) is 1.25. The SMILES string of the molecule is Cc1ccc(C=CS(N)(=O)=O)cc1F.